The zero-order valence-electron chi connectivity index (χ0n) is 10.5. The number of non-ortho nitro benzene ring substituents is 1. The van der Waals surface area contributed by atoms with Crippen LogP contribution in [0.3, 0.4) is 0 Å². The molecule has 0 amide bonds. The normalized spacial score (nSPS) is 11.4. The van der Waals surface area contributed by atoms with E-state index < -0.39 is 15.8 Å². The number of benzene rings is 1. The Morgan fingerprint density at radius 2 is 1.56 bits per heavy atom. The van der Waals surface area contributed by atoms with Crippen molar-refractivity contribution in [2.75, 3.05) is 0 Å². The molecule has 0 bridgehead atoms. The predicted octanol–water partition coefficient (Wildman–Crippen LogP) is 2.93. The molecule has 0 aliphatic rings. The minimum absolute atomic E-state index is 0.0579. The van der Waals surface area contributed by atoms with Crippen LogP contribution in [-0.4, -0.2) is 4.92 Å². The third-order valence-corrected chi connectivity index (χ3v) is 2.97. The summed E-state index contributed by atoms with van der Waals surface area (Å²) in [6.45, 7) is 5.38. The smallest absolute Gasteiger partial charge is 0.258 e. The van der Waals surface area contributed by atoms with Crippen molar-refractivity contribution in [1.82, 2.24) is 0 Å². The lowest BCUT2D eigenvalue weighted by Crippen LogP contribution is -2.37. The molecule has 0 N–H and O–H groups in total. The predicted molar refractivity (Wildman–Crippen MR) is 65.5 cm³/mol. The zero-order valence-corrected chi connectivity index (χ0v) is 10.5. The van der Waals surface area contributed by atoms with Crippen LogP contribution in [-0.2, 0) is 5.41 Å². The van der Waals surface area contributed by atoms with Crippen molar-refractivity contribution < 1.29 is 4.92 Å². The summed E-state index contributed by atoms with van der Waals surface area (Å²) < 4.78 is 0. The van der Waals surface area contributed by atoms with Crippen molar-refractivity contribution in [2.24, 2.45) is 5.41 Å². The van der Waals surface area contributed by atoms with E-state index in [9.17, 15) is 20.6 Å². The summed E-state index contributed by atoms with van der Waals surface area (Å²) in [6, 6.07) is 9.63. The maximum atomic E-state index is 10.6. The summed E-state index contributed by atoms with van der Waals surface area (Å²) in [7, 11) is 0. The number of hydrogen-bond acceptors (Lipinski definition) is 4. The van der Waals surface area contributed by atoms with Gasteiger partial charge in [0, 0.05) is 12.1 Å². The van der Waals surface area contributed by atoms with Crippen molar-refractivity contribution in [1.29, 1.82) is 10.5 Å². The van der Waals surface area contributed by atoms with Crippen molar-refractivity contribution in [3.63, 3.8) is 0 Å². The van der Waals surface area contributed by atoms with Gasteiger partial charge in [-0.1, -0.05) is 20.8 Å². The molecule has 0 aliphatic carbocycles. The molecule has 5 heteroatoms. The molecule has 1 rings (SSSR count). The van der Waals surface area contributed by atoms with E-state index in [1.807, 2.05) is 12.1 Å². The molecule has 0 radical (unpaired) electrons. The van der Waals surface area contributed by atoms with Gasteiger partial charge in [0.2, 0.25) is 0 Å². The van der Waals surface area contributed by atoms with Crippen molar-refractivity contribution in [2.45, 2.75) is 26.2 Å². The Morgan fingerprint density at radius 3 is 1.83 bits per heavy atom. The van der Waals surface area contributed by atoms with E-state index in [2.05, 4.69) is 0 Å². The van der Waals surface area contributed by atoms with Crippen LogP contribution in [0.15, 0.2) is 24.3 Å². The second kappa shape index (κ2) is 4.46. The second-order valence-corrected chi connectivity index (χ2v) is 5.03. The lowest BCUT2D eigenvalue weighted by Gasteiger charge is -2.33. The molecule has 1 aromatic rings. The van der Waals surface area contributed by atoms with Crippen LogP contribution < -0.4 is 0 Å². The maximum Gasteiger partial charge on any atom is 0.269 e. The maximum absolute atomic E-state index is 10.6. The molecule has 0 fully saturated rings. The highest BCUT2D eigenvalue weighted by molar-refractivity contribution is 5.46. The Bertz CT molecular complexity index is 528. The van der Waals surface area contributed by atoms with E-state index in [-0.39, 0.29) is 5.69 Å². The van der Waals surface area contributed by atoms with Crippen LogP contribution in [0.5, 0.6) is 0 Å². The summed E-state index contributed by atoms with van der Waals surface area (Å²) in [5, 5.41) is 29.2. The minimum atomic E-state index is -1.32. The molecular formula is C13H13N3O2. The fourth-order valence-corrected chi connectivity index (χ4v) is 1.76. The third kappa shape index (κ3) is 2.03. The first-order valence-corrected chi connectivity index (χ1v) is 5.36. The van der Waals surface area contributed by atoms with Gasteiger partial charge in [-0.3, -0.25) is 10.1 Å². The first-order valence-electron chi connectivity index (χ1n) is 5.36. The zero-order chi connectivity index (χ0) is 14.0. The van der Waals surface area contributed by atoms with Gasteiger partial charge in [-0.15, -0.1) is 0 Å². The molecule has 0 aromatic heterocycles. The lowest BCUT2D eigenvalue weighted by atomic mass is 9.64. The molecule has 0 heterocycles. The minimum Gasteiger partial charge on any atom is -0.258 e. The van der Waals surface area contributed by atoms with E-state index in [1.54, 1.807) is 20.8 Å². The van der Waals surface area contributed by atoms with Gasteiger partial charge in [0.15, 0.2) is 5.41 Å². The van der Waals surface area contributed by atoms with Crippen molar-refractivity contribution in [3.05, 3.63) is 39.9 Å². The van der Waals surface area contributed by atoms with Gasteiger partial charge in [-0.25, -0.2) is 0 Å². The van der Waals surface area contributed by atoms with Crippen LogP contribution in [0.2, 0.25) is 0 Å². The summed E-state index contributed by atoms with van der Waals surface area (Å²) >= 11 is 0. The fraction of sp³-hybridized carbons (Fsp3) is 0.385. The second-order valence-electron chi connectivity index (χ2n) is 5.03. The molecule has 1 aromatic carbocycles. The van der Waals surface area contributed by atoms with E-state index in [1.165, 1.54) is 24.3 Å². The molecule has 0 saturated heterocycles. The first kappa shape index (κ1) is 13.7. The molecule has 0 aliphatic heterocycles. The highest BCUT2D eigenvalue weighted by Gasteiger charge is 2.44. The van der Waals surface area contributed by atoms with Gasteiger partial charge in [0.25, 0.3) is 5.69 Å². The van der Waals surface area contributed by atoms with Crippen molar-refractivity contribution >= 4 is 5.69 Å². The van der Waals surface area contributed by atoms with E-state index >= 15 is 0 Å². The summed E-state index contributed by atoms with van der Waals surface area (Å²) in [6.07, 6.45) is 0. The molecule has 5 nitrogen and oxygen atoms in total. The number of hydrogen-bond donors (Lipinski definition) is 0. The Labute approximate surface area is 105 Å². The Hall–Kier alpha value is -2.40. The first-order chi connectivity index (χ1) is 8.28. The topological polar surface area (TPSA) is 90.7 Å². The SMILES string of the molecule is CC(C)(C)C(C#N)(C#N)c1ccc([N+](=O)[O-])cc1. The standard InChI is InChI=1S/C13H13N3O2/c1-12(2,3)13(8-14,9-15)10-4-6-11(7-5-10)16(17)18/h4-7H,1-3H3. The summed E-state index contributed by atoms with van der Waals surface area (Å²) in [5.74, 6) is 0. The fourth-order valence-electron chi connectivity index (χ4n) is 1.76. The molecule has 92 valence electrons. The number of nitriles is 2. The third-order valence-electron chi connectivity index (χ3n) is 2.97. The number of rotatable bonds is 2. The van der Waals surface area contributed by atoms with E-state index in [0.717, 1.165) is 0 Å². The molecule has 0 saturated carbocycles. The Balaban J connectivity index is 3.39. The molecule has 18 heavy (non-hydrogen) atoms. The van der Waals surface area contributed by atoms with Crippen LogP contribution in [0.1, 0.15) is 26.3 Å². The summed E-state index contributed by atoms with van der Waals surface area (Å²) in [5.41, 5.74) is -1.49. The van der Waals surface area contributed by atoms with Crippen LogP contribution >= 0.6 is 0 Å². The van der Waals surface area contributed by atoms with Crippen LogP contribution in [0.4, 0.5) is 5.69 Å². The van der Waals surface area contributed by atoms with Crippen molar-refractivity contribution in [3.8, 4) is 12.1 Å². The highest BCUT2D eigenvalue weighted by atomic mass is 16.6. The van der Waals surface area contributed by atoms with Gasteiger partial charge in [-0.05, 0) is 23.1 Å². The summed E-state index contributed by atoms with van der Waals surface area (Å²) in [4.78, 5) is 10.1. The average molecular weight is 243 g/mol. The average Bonchev–Trinajstić information content (AvgIpc) is 2.30. The van der Waals surface area contributed by atoms with Crippen LogP contribution in [0, 0.1) is 38.2 Å². The van der Waals surface area contributed by atoms with Crippen LogP contribution in [0.25, 0.3) is 0 Å². The van der Waals surface area contributed by atoms with Gasteiger partial charge in [0.1, 0.15) is 0 Å². The number of nitro groups is 1. The quantitative estimate of drug-likeness (QED) is 0.589. The largest absolute Gasteiger partial charge is 0.269 e. The molecule has 0 spiro atoms. The molecule has 0 unspecified atom stereocenters. The lowest BCUT2D eigenvalue weighted by molar-refractivity contribution is -0.384. The van der Waals surface area contributed by atoms with E-state index in [4.69, 9.17) is 0 Å². The van der Waals surface area contributed by atoms with Gasteiger partial charge < -0.3 is 0 Å². The molecular weight excluding hydrogens is 230 g/mol. The highest BCUT2D eigenvalue weighted by Crippen LogP contribution is 2.41. The van der Waals surface area contributed by atoms with Gasteiger partial charge in [0.05, 0.1) is 17.1 Å². The Morgan fingerprint density at radius 1 is 1.11 bits per heavy atom. The number of nitro benzene ring substituents is 1. The monoisotopic (exact) mass is 243 g/mol. The van der Waals surface area contributed by atoms with Gasteiger partial charge in [-0.2, -0.15) is 10.5 Å². The van der Waals surface area contributed by atoms with E-state index in [0.29, 0.717) is 5.56 Å². The molecule has 0 atom stereocenters. The number of nitrogens with zero attached hydrogens (tertiary/aromatic N) is 3. The Kier molecular flexibility index (Phi) is 3.39. The van der Waals surface area contributed by atoms with Gasteiger partial charge >= 0.3 is 0 Å².